The molecule has 0 aliphatic carbocycles. The van der Waals surface area contributed by atoms with Crippen LogP contribution in [0.25, 0.3) is 10.9 Å². The SMILES string of the molecule is CC(c1cccc(N=O)c1)c1nnc(Nc2ccc3[nH]ncc3c2)s1. The second-order valence-electron chi connectivity index (χ2n) is 5.65. The number of fused-ring (bicyclic) bond motifs is 1. The molecular formula is C17H14N6OS. The highest BCUT2D eigenvalue weighted by Crippen LogP contribution is 2.31. The van der Waals surface area contributed by atoms with E-state index in [2.05, 4.69) is 30.9 Å². The minimum absolute atomic E-state index is 0.0334. The molecule has 7 nitrogen and oxygen atoms in total. The molecule has 8 heteroatoms. The van der Waals surface area contributed by atoms with Gasteiger partial charge in [0.1, 0.15) is 10.7 Å². The van der Waals surface area contributed by atoms with Crippen molar-refractivity contribution in [2.24, 2.45) is 5.18 Å². The van der Waals surface area contributed by atoms with Gasteiger partial charge in [0.05, 0.1) is 11.7 Å². The zero-order valence-electron chi connectivity index (χ0n) is 13.3. The van der Waals surface area contributed by atoms with Gasteiger partial charge in [-0.1, -0.05) is 30.4 Å². The number of aromatic nitrogens is 4. The molecule has 0 saturated heterocycles. The molecule has 0 aliphatic rings. The van der Waals surface area contributed by atoms with E-state index in [1.807, 2.05) is 37.3 Å². The van der Waals surface area contributed by atoms with Crippen LogP contribution in [0.1, 0.15) is 23.4 Å². The standard InChI is InChI=1S/C17H14N6OS/c1-10(11-3-2-4-14(7-11)23-24)16-21-22-17(25-16)19-13-5-6-15-12(8-13)9-18-20-15/h2-10H,1H3,(H,18,20)(H,19,22). The van der Waals surface area contributed by atoms with Gasteiger partial charge in [0.15, 0.2) is 0 Å². The molecule has 2 N–H and O–H groups in total. The number of H-pyrrole nitrogens is 1. The fourth-order valence-corrected chi connectivity index (χ4v) is 3.44. The Bertz CT molecular complexity index is 1040. The van der Waals surface area contributed by atoms with E-state index in [0.717, 1.165) is 32.3 Å². The number of hydrogen-bond donors (Lipinski definition) is 2. The highest BCUT2D eigenvalue weighted by Gasteiger charge is 2.15. The first-order valence-electron chi connectivity index (χ1n) is 7.70. The van der Waals surface area contributed by atoms with E-state index < -0.39 is 0 Å². The molecule has 124 valence electrons. The summed E-state index contributed by atoms with van der Waals surface area (Å²) in [4.78, 5) is 10.7. The summed E-state index contributed by atoms with van der Waals surface area (Å²) in [5, 5.41) is 24.3. The third kappa shape index (κ3) is 3.11. The lowest BCUT2D eigenvalue weighted by atomic mass is 10.0. The maximum atomic E-state index is 10.7. The van der Waals surface area contributed by atoms with Gasteiger partial charge in [-0.05, 0) is 41.1 Å². The summed E-state index contributed by atoms with van der Waals surface area (Å²) in [6.07, 6.45) is 1.78. The number of aromatic amines is 1. The van der Waals surface area contributed by atoms with Crippen LogP contribution in [0.3, 0.4) is 0 Å². The van der Waals surface area contributed by atoms with Gasteiger partial charge < -0.3 is 5.32 Å². The molecule has 0 amide bonds. The first kappa shape index (κ1) is 15.4. The van der Waals surface area contributed by atoms with Crippen molar-refractivity contribution >= 4 is 38.7 Å². The Hall–Kier alpha value is -3.13. The van der Waals surface area contributed by atoms with Crippen LogP contribution in [0.2, 0.25) is 0 Å². The lowest BCUT2D eigenvalue weighted by Gasteiger charge is -2.07. The quantitative estimate of drug-likeness (QED) is 0.508. The van der Waals surface area contributed by atoms with Crippen molar-refractivity contribution in [2.45, 2.75) is 12.8 Å². The van der Waals surface area contributed by atoms with Crippen LogP contribution in [-0.4, -0.2) is 20.4 Å². The molecule has 0 bridgehead atoms. The van der Waals surface area contributed by atoms with E-state index in [9.17, 15) is 4.91 Å². The van der Waals surface area contributed by atoms with Crippen LogP contribution in [0.5, 0.6) is 0 Å². The molecular weight excluding hydrogens is 336 g/mol. The summed E-state index contributed by atoms with van der Waals surface area (Å²) in [5.74, 6) is 0.0334. The zero-order chi connectivity index (χ0) is 17.2. The Labute approximate surface area is 147 Å². The maximum Gasteiger partial charge on any atom is 0.210 e. The molecule has 1 unspecified atom stereocenters. The summed E-state index contributed by atoms with van der Waals surface area (Å²) in [5.41, 5.74) is 3.32. The van der Waals surface area contributed by atoms with E-state index in [4.69, 9.17) is 0 Å². The van der Waals surface area contributed by atoms with Gasteiger partial charge in [-0.3, -0.25) is 5.10 Å². The summed E-state index contributed by atoms with van der Waals surface area (Å²) < 4.78 is 0. The highest BCUT2D eigenvalue weighted by atomic mass is 32.1. The van der Waals surface area contributed by atoms with Crippen molar-refractivity contribution in [2.75, 3.05) is 5.32 Å². The average molecular weight is 350 g/mol. The van der Waals surface area contributed by atoms with E-state index in [1.165, 1.54) is 11.3 Å². The van der Waals surface area contributed by atoms with Gasteiger partial charge in [0, 0.05) is 17.0 Å². The molecule has 2 aromatic heterocycles. The Morgan fingerprint density at radius 3 is 3.00 bits per heavy atom. The van der Waals surface area contributed by atoms with Gasteiger partial charge in [-0.25, -0.2) is 0 Å². The highest BCUT2D eigenvalue weighted by molar-refractivity contribution is 7.15. The lowest BCUT2D eigenvalue weighted by molar-refractivity contribution is 0.869. The van der Waals surface area contributed by atoms with Crippen molar-refractivity contribution in [3.8, 4) is 0 Å². The Balaban J connectivity index is 1.55. The fraction of sp³-hybridized carbons (Fsp3) is 0.118. The van der Waals surface area contributed by atoms with E-state index in [0.29, 0.717) is 5.69 Å². The van der Waals surface area contributed by atoms with Crippen molar-refractivity contribution in [3.05, 3.63) is 64.1 Å². The fourth-order valence-electron chi connectivity index (χ4n) is 2.60. The van der Waals surface area contributed by atoms with Crippen LogP contribution in [-0.2, 0) is 0 Å². The van der Waals surface area contributed by atoms with E-state index >= 15 is 0 Å². The molecule has 0 aliphatic heterocycles. The topological polar surface area (TPSA) is 95.9 Å². The monoisotopic (exact) mass is 350 g/mol. The van der Waals surface area contributed by atoms with Crippen molar-refractivity contribution in [1.29, 1.82) is 0 Å². The predicted molar refractivity (Wildman–Crippen MR) is 98.7 cm³/mol. The summed E-state index contributed by atoms with van der Waals surface area (Å²) in [6.45, 7) is 2.03. The maximum absolute atomic E-state index is 10.7. The molecule has 2 heterocycles. The molecule has 2 aromatic carbocycles. The van der Waals surface area contributed by atoms with Crippen LogP contribution in [0.15, 0.2) is 53.8 Å². The summed E-state index contributed by atoms with van der Waals surface area (Å²) in [7, 11) is 0. The average Bonchev–Trinajstić information content (AvgIpc) is 3.30. The van der Waals surface area contributed by atoms with Crippen LogP contribution >= 0.6 is 11.3 Å². The van der Waals surface area contributed by atoms with Gasteiger partial charge in [0.2, 0.25) is 5.13 Å². The first-order valence-corrected chi connectivity index (χ1v) is 8.51. The van der Waals surface area contributed by atoms with Gasteiger partial charge in [-0.15, -0.1) is 15.1 Å². The minimum atomic E-state index is 0.0334. The summed E-state index contributed by atoms with van der Waals surface area (Å²) >= 11 is 1.49. The van der Waals surface area contributed by atoms with Crippen molar-refractivity contribution < 1.29 is 0 Å². The Kier molecular flexibility index (Phi) is 3.95. The van der Waals surface area contributed by atoms with Crippen LogP contribution < -0.4 is 5.32 Å². The number of benzene rings is 2. The molecule has 1 atom stereocenters. The number of nitrogens with zero attached hydrogens (tertiary/aromatic N) is 4. The third-order valence-electron chi connectivity index (χ3n) is 3.98. The number of anilines is 2. The molecule has 4 aromatic rings. The van der Waals surface area contributed by atoms with Crippen molar-refractivity contribution in [1.82, 2.24) is 20.4 Å². The smallest absolute Gasteiger partial charge is 0.210 e. The second-order valence-corrected chi connectivity index (χ2v) is 6.66. The number of rotatable bonds is 5. The molecule has 4 rings (SSSR count). The van der Waals surface area contributed by atoms with Crippen molar-refractivity contribution in [3.63, 3.8) is 0 Å². The molecule has 0 fully saturated rings. The number of hydrogen-bond acceptors (Lipinski definition) is 7. The number of nitroso groups, excluding NO2 is 1. The van der Waals surface area contributed by atoms with E-state index in [-0.39, 0.29) is 5.92 Å². The first-order chi connectivity index (χ1) is 12.2. The summed E-state index contributed by atoms with van der Waals surface area (Å²) in [6, 6.07) is 13.2. The Morgan fingerprint density at radius 1 is 1.20 bits per heavy atom. The molecule has 0 radical (unpaired) electrons. The predicted octanol–water partition coefficient (Wildman–Crippen LogP) is 4.71. The largest absolute Gasteiger partial charge is 0.330 e. The van der Waals surface area contributed by atoms with Gasteiger partial charge >= 0.3 is 0 Å². The normalized spacial score (nSPS) is 12.2. The van der Waals surface area contributed by atoms with Crippen LogP contribution in [0.4, 0.5) is 16.5 Å². The Morgan fingerprint density at radius 2 is 2.12 bits per heavy atom. The lowest BCUT2D eigenvalue weighted by Crippen LogP contribution is -1.94. The molecule has 0 saturated carbocycles. The second kappa shape index (κ2) is 6.40. The molecule has 0 spiro atoms. The number of nitrogens with one attached hydrogen (secondary N) is 2. The van der Waals surface area contributed by atoms with Gasteiger partial charge in [0.25, 0.3) is 0 Å². The van der Waals surface area contributed by atoms with Gasteiger partial charge in [-0.2, -0.15) is 5.10 Å². The third-order valence-corrected chi connectivity index (χ3v) is 5.00. The zero-order valence-corrected chi connectivity index (χ0v) is 14.1. The minimum Gasteiger partial charge on any atom is -0.330 e. The van der Waals surface area contributed by atoms with E-state index in [1.54, 1.807) is 18.3 Å². The van der Waals surface area contributed by atoms with Crippen LogP contribution in [0, 0.1) is 4.91 Å². The molecule has 25 heavy (non-hydrogen) atoms.